The average Bonchev–Trinajstić information content (AvgIpc) is 3.22. The normalized spacial score (nSPS) is 11.0. The summed E-state index contributed by atoms with van der Waals surface area (Å²) in [6.45, 7) is 6.64. The van der Waals surface area contributed by atoms with E-state index in [-0.39, 0.29) is 5.91 Å². The molecule has 0 saturated carbocycles. The minimum Gasteiger partial charge on any atom is -0.346 e. The van der Waals surface area contributed by atoms with E-state index in [4.69, 9.17) is 0 Å². The Balaban J connectivity index is 1.70. The van der Waals surface area contributed by atoms with Crippen molar-refractivity contribution in [1.82, 2.24) is 30.0 Å². The van der Waals surface area contributed by atoms with Crippen molar-refractivity contribution in [2.75, 3.05) is 0 Å². The average molecular weight is 342 g/mol. The zero-order valence-corrected chi connectivity index (χ0v) is 14.5. The number of amides is 1. The lowest BCUT2D eigenvalue weighted by Crippen LogP contribution is -2.24. The third-order valence-corrected chi connectivity index (χ3v) is 4.92. The molecule has 0 aliphatic rings. The number of nitrogens with zero attached hydrogens (tertiary/aromatic N) is 5. The van der Waals surface area contributed by atoms with Gasteiger partial charge in [-0.15, -0.1) is 21.5 Å². The van der Waals surface area contributed by atoms with Crippen molar-refractivity contribution >= 4 is 17.2 Å². The fraction of sp³-hybridized carbons (Fsp3) is 0.312. The highest BCUT2D eigenvalue weighted by Crippen LogP contribution is 2.24. The predicted octanol–water partition coefficient (Wildman–Crippen LogP) is 2.48. The Hall–Kier alpha value is -2.61. The highest BCUT2D eigenvalue weighted by Gasteiger charge is 2.13. The third kappa shape index (κ3) is 3.48. The first kappa shape index (κ1) is 16.3. The largest absolute Gasteiger partial charge is 0.346 e. The second-order valence-corrected chi connectivity index (χ2v) is 6.76. The minimum atomic E-state index is -0.219. The van der Waals surface area contributed by atoms with E-state index in [1.807, 2.05) is 6.92 Å². The predicted molar refractivity (Wildman–Crippen MR) is 91.3 cm³/mol. The van der Waals surface area contributed by atoms with Gasteiger partial charge in [0.05, 0.1) is 17.2 Å². The van der Waals surface area contributed by atoms with E-state index in [0.29, 0.717) is 24.0 Å². The summed E-state index contributed by atoms with van der Waals surface area (Å²) >= 11 is 1.64. The van der Waals surface area contributed by atoms with Crippen LogP contribution in [0.2, 0.25) is 0 Å². The molecule has 24 heavy (non-hydrogen) atoms. The van der Waals surface area contributed by atoms with Crippen molar-refractivity contribution in [2.24, 2.45) is 0 Å². The van der Waals surface area contributed by atoms with Crippen molar-refractivity contribution in [3.63, 3.8) is 0 Å². The van der Waals surface area contributed by atoms with Crippen LogP contribution in [0.25, 0.3) is 5.82 Å². The lowest BCUT2D eigenvalue weighted by atomic mass is 10.2. The van der Waals surface area contributed by atoms with Crippen molar-refractivity contribution in [3.05, 3.63) is 52.1 Å². The topological polar surface area (TPSA) is 85.6 Å². The SMILES string of the molecule is Cc1nc(C(C)C)sc1CNC(=O)c1cccc(-n2cnnc2)n1. The van der Waals surface area contributed by atoms with E-state index in [9.17, 15) is 4.79 Å². The van der Waals surface area contributed by atoms with Crippen molar-refractivity contribution < 1.29 is 4.79 Å². The van der Waals surface area contributed by atoms with Gasteiger partial charge in [0.1, 0.15) is 24.2 Å². The molecule has 0 bridgehead atoms. The molecule has 8 heteroatoms. The molecule has 0 fully saturated rings. The standard InChI is InChI=1S/C16H18N6OS/c1-10(2)16-20-11(3)13(24-16)7-17-15(23)12-5-4-6-14(21-12)22-8-18-19-9-22/h4-6,8-10H,7H2,1-3H3,(H,17,23). The number of pyridine rings is 1. The summed E-state index contributed by atoms with van der Waals surface area (Å²) in [5.74, 6) is 0.771. The van der Waals surface area contributed by atoms with Gasteiger partial charge in [-0.2, -0.15) is 0 Å². The van der Waals surface area contributed by atoms with Crippen molar-refractivity contribution in [3.8, 4) is 5.82 Å². The van der Waals surface area contributed by atoms with Gasteiger partial charge in [-0.1, -0.05) is 19.9 Å². The van der Waals surface area contributed by atoms with Gasteiger partial charge < -0.3 is 5.32 Å². The molecule has 0 spiro atoms. The summed E-state index contributed by atoms with van der Waals surface area (Å²) in [6, 6.07) is 5.26. The van der Waals surface area contributed by atoms with Crippen molar-refractivity contribution in [1.29, 1.82) is 0 Å². The Morgan fingerprint density at radius 1 is 1.25 bits per heavy atom. The van der Waals surface area contributed by atoms with E-state index in [0.717, 1.165) is 15.6 Å². The molecule has 3 rings (SSSR count). The first-order valence-electron chi connectivity index (χ1n) is 7.61. The molecular formula is C16H18N6OS. The van der Waals surface area contributed by atoms with Gasteiger partial charge in [-0.25, -0.2) is 9.97 Å². The van der Waals surface area contributed by atoms with Crippen LogP contribution in [0.4, 0.5) is 0 Å². The van der Waals surface area contributed by atoms with Crippen molar-refractivity contribution in [2.45, 2.75) is 33.2 Å². The van der Waals surface area contributed by atoms with E-state index >= 15 is 0 Å². The molecule has 7 nitrogen and oxygen atoms in total. The Morgan fingerprint density at radius 3 is 2.67 bits per heavy atom. The molecule has 0 aliphatic carbocycles. The molecule has 1 amide bonds. The summed E-state index contributed by atoms with van der Waals surface area (Å²) in [7, 11) is 0. The molecule has 0 radical (unpaired) electrons. The minimum absolute atomic E-state index is 0.219. The maximum atomic E-state index is 12.4. The molecular weight excluding hydrogens is 324 g/mol. The highest BCUT2D eigenvalue weighted by molar-refractivity contribution is 7.11. The summed E-state index contributed by atoms with van der Waals surface area (Å²) < 4.78 is 1.65. The molecule has 0 saturated heterocycles. The summed E-state index contributed by atoms with van der Waals surface area (Å²) in [5.41, 5.74) is 1.32. The van der Waals surface area contributed by atoms with Crippen LogP contribution in [-0.4, -0.2) is 30.6 Å². The molecule has 3 aromatic rings. The lowest BCUT2D eigenvalue weighted by Gasteiger charge is -2.06. The maximum absolute atomic E-state index is 12.4. The van der Waals surface area contributed by atoms with Crippen LogP contribution in [0.3, 0.4) is 0 Å². The second-order valence-electron chi connectivity index (χ2n) is 5.65. The van der Waals surface area contributed by atoms with Crippen LogP contribution < -0.4 is 5.32 Å². The number of thiazole rings is 1. The maximum Gasteiger partial charge on any atom is 0.270 e. The Morgan fingerprint density at radius 2 is 2.00 bits per heavy atom. The zero-order valence-electron chi connectivity index (χ0n) is 13.7. The molecule has 3 aromatic heterocycles. The van der Waals surface area contributed by atoms with Gasteiger partial charge >= 0.3 is 0 Å². The first-order chi connectivity index (χ1) is 11.5. The summed E-state index contributed by atoms with van der Waals surface area (Å²) in [5, 5.41) is 11.5. The Labute approximate surface area is 143 Å². The quantitative estimate of drug-likeness (QED) is 0.770. The third-order valence-electron chi connectivity index (χ3n) is 3.46. The Kier molecular flexibility index (Phi) is 4.66. The fourth-order valence-corrected chi connectivity index (χ4v) is 3.13. The molecule has 0 atom stereocenters. The number of carbonyl (C=O) groups excluding carboxylic acids is 1. The van der Waals surface area contributed by atoms with Gasteiger partial charge in [0.25, 0.3) is 5.91 Å². The monoisotopic (exact) mass is 342 g/mol. The first-order valence-corrected chi connectivity index (χ1v) is 8.42. The number of nitrogens with one attached hydrogen (secondary N) is 1. The number of carbonyl (C=O) groups is 1. The molecule has 1 N–H and O–H groups in total. The number of rotatable bonds is 5. The molecule has 0 aliphatic heterocycles. The number of aromatic nitrogens is 5. The van der Waals surface area contributed by atoms with Gasteiger partial charge in [0.15, 0.2) is 0 Å². The van der Waals surface area contributed by atoms with Crippen LogP contribution in [0.1, 0.15) is 45.8 Å². The Bertz CT molecular complexity index is 840. The van der Waals surface area contributed by atoms with E-state index in [1.54, 1.807) is 34.1 Å². The lowest BCUT2D eigenvalue weighted by molar-refractivity contribution is 0.0946. The number of hydrogen-bond acceptors (Lipinski definition) is 6. The molecule has 124 valence electrons. The number of hydrogen-bond donors (Lipinski definition) is 1. The summed E-state index contributed by atoms with van der Waals surface area (Å²) in [4.78, 5) is 22.3. The van der Waals surface area contributed by atoms with E-state index < -0.39 is 0 Å². The van der Waals surface area contributed by atoms with E-state index in [2.05, 4.69) is 39.3 Å². The smallest absolute Gasteiger partial charge is 0.270 e. The molecule has 3 heterocycles. The van der Waals surface area contributed by atoms with Gasteiger partial charge in [0.2, 0.25) is 0 Å². The second kappa shape index (κ2) is 6.88. The van der Waals surface area contributed by atoms with Crippen LogP contribution in [0.15, 0.2) is 30.9 Å². The fourth-order valence-electron chi connectivity index (χ4n) is 2.13. The van der Waals surface area contributed by atoms with Gasteiger partial charge in [-0.05, 0) is 19.1 Å². The van der Waals surface area contributed by atoms with Crippen LogP contribution in [0.5, 0.6) is 0 Å². The number of aryl methyl sites for hydroxylation is 1. The van der Waals surface area contributed by atoms with Crippen LogP contribution in [0, 0.1) is 6.92 Å². The van der Waals surface area contributed by atoms with Gasteiger partial charge in [0, 0.05) is 10.8 Å². The van der Waals surface area contributed by atoms with Gasteiger partial charge in [-0.3, -0.25) is 9.36 Å². The van der Waals surface area contributed by atoms with E-state index in [1.165, 1.54) is 12.7 Å². The highest BCUT2D eigenvalue weighted by atomic mass is 32.1. The van der Waals surface area contributed by atoms with Crippen LogP contribution >= 0.6 is 11.3 Å². The molecule has 0 unspecified atom stereocenters. The van der Waals surface area contributed by atoms with Crippen LogP contribution in [-0.2, 0) is 6.54 Å². The summed E-state index contributed by atoms with van der Waals surface area (Å²) in [6.07, 6.45) is 3.08. The molecule has 0 aromatic carbocycles. The zero-order chi connectivity index (χ0) is 17.1.